The van der Waals surface area contributed by atoms with Crippen LogP contribution in [0.15, 0.2) is 108 Å². The van der Waals surface area contributed by atoms with Crippen molar-refractivity contribution in [1.82, 2.24) is 10.3 Å². The largest absolute Gasteiger partial charge is 0.321 e. The molecule has 0 spiro atoms. The Morgan fingerprint density at radius 3 is 2.25 bits per heavy atom. The molecule has 0 aliphatic carbocycles. The number of hydrogen-bond donors (Lipinski definition) is 3. The molecule has 3 aromatic carbocycles. The third kappa shape index (κ3) is 8.05. The monoisotopic (exact) mass is 570 g/mol. The summed E-state index contributed by atoms with van der Waals surface area (Å²) in [6.07, 6.45) is 3.13. The van der Waals surface area contributed by atoms with Gasteiger partial charge in [0.2, 0.25) is 5.91 Å². The van der Waals surface area contributed by atoms with Crippen LogP contribution in [0, 0.1) is 6.92 Å². The highest BCUT2D eigenvalue weighted by molar-refractivity contribution is 8.00. The van der Waals surface area contributed by atoms with Gasteiger partial charge >= 0.3 is 0 Å². The standard InChI is InChI=1S/C31H27ClN4O3S/c1-20-8-6-7-11-23(20)18-27(35-30(38)22-9-4-3-5-10-22)31(39)34-25-13-15-26(16-14-25)40-21(2)29(37)36-28-17-12-24(32)19-33-28/h3-19,21H,1-2H3,(H,34,39)(H,35,38)(H,33,36,37)/b27-18-. The number of nitrogens with one attached hydrogen (secondary N) is 3. The third-order valence-corrected chi connectivity index (χ3v) is 7.13. The number of rotatable bonds is 9. The molecule has 7 nitrogen and oxygen atoms in total. The van der Waals surface area contributed by atoms with E-state index in [0.717, 1.165) is 16.0 Å². The molecule has 4 aromatic rings. The predicted molar refractivity (Wildman–Crippen MR) is 161 cm³/mol. The number of pyridine rings is 1. The first-order chi connectivity index (χ1) is 19.3. The van der Waals surface area contributed by atoms with Crippen molar-refractivity contribution in [2.75, 3.05) is 10.6 Å². The fourth-order valence-corrected chi connectivity index (χ4v) is 4.58. The number of nitrogens with zero attached hydrogens (tertiary/aromatic N) is 1. The van der Waals surface area contributed by atoms with Crippen LogP contribution in [0.25, 0.3) is 6.08 Å². The Kier molecular flexibility index (Phi) is 9.72. The van der Waals surface area contributed by atoms with Crippen LogP contribution >= 0.6 is 23.4 Å². The minimum absolute atomic E-state index is 0.114. The van der Waals surface area contributed by atoms with Crippen LogP contribution < -0.4 is 16.0 Å². The molecular formula is C31H27ClN4O3S. The highest BCUT2D eigenvalue weighted by Crippen LogP contribution is 2.26. The quantitative estimate of drug-likeness (QED) is 0.156. The maximum atomic E-state index is 13.3. The van der Waals surface area contributed by atoms with Gasteiger partial charge in [-0.05, 0) is 79.6 Å². The van der Waals surface area contributed by atoms with Gasteiger partial charge < -0.3 is 16.0 Å². The van der Waals surface area contributed by atoms with E-state index in [2.05, 4.69) is 20.9 Å². The van der Waals surface area contributed by atoms with Crippen LogP contribution in [0.4, 0.5) is 11.5 Å². The third-order valence-electron chi connectivity index (χ3n) is 5.79. The van der Waals surface area contributed by atoms with Crippen molar-refractivity contribution in [1.29, 1.82) is 0 Å². The van der Waals surface area contributed by atoms with E-state index in [1.54, 1.807) is 61.5 Å². The smallest absolute Gasteiger partial charge is 0.272 e. The molecule has 0 saturated heterocycles. The van der Waals surface area contributed by atoms with Gasteiger partial charge in [-0.3, -0.25) is 14.4 Å². The van der Waals surface area contributed by atoms with Crippen LogP contribution in [0.1, 0.15) is 28.4 Å². The van der Waals surface area contributed by atoms with Gasteiger partial charge in [-0.1, -0.05) is 54.1 Å². The van der Waals surface area contributed by atoms with Crippen LogP contribution in [0.2, 0.25) is 5.02 Å². The molecule has 0 bridgehead atoms. The molecule has 40 heavy (non-hydrogen) atoms. The maximum absolute atomic E-state index is 13.3. The molecule has 4 rings (SSSR count). The zero-order valence-electron chi connectivity index (χ0n) is 21.9. The Hall–Kier alpha value is -4.40. The summed E-state index contributed by atoms with van der Waals surface area (Å²) < 4.78 is 0. The van der Waals surface area contributed by atoms with E-state index >= 15 is 0 Å². The topological polar surface area (TPSA) is 100 Å². The second kappa shape index (κ2) is 13.6. The Bertz CT molecular complexity index is 1520. The number of halogens is 1. The van der Waals surface area contributed by atoms with E-state index in [1.165, 1.54) is 18.0 Å². The molecule has 0 saturated carbocycles. The van der Waals surface area contributed by atoms with E-state index < -0.39 is 11.2 Å². The average Bonchev–Trinajstić information content (AvgIpc) is 2.96. The number of hydrogen-bond acceptors (Lipinski definition) is 5. The van der Waals surface area contributed by atoms with Crippen LogP contribution in [0.3, 0.4) is 0 Å². The summed E-state index contributed by atoms with van der Waals surface area (Å²) in [7, 11) is 0. The van der Waals surface area contributed by atoms with Gasteiger partial charge in [0.25, 0.3) is 11.8 Å². The summed E-state index contributed by atoms with van der Waals surface area (Å²) >= 11 is 7.21. The molecule has 0 aliphatic rings. The first kappa shape index (κ1) is 28.6. The highest BCUT2D eigenvalue weighted by Gasteiger charge is 2.17. The van der Waals surface area contributed by atoms with Gasteiger partial charge in [-0.15, -0.1) is 11.8 Å². The van der Waals surface area contributed by atoms with Gasteiger partial charge in [0.1, 0.15) is 11.5 Å². The average molecular weight is 571 g/mol. The molecule has 0 aliphatic heterocycles. The molecule has 3 N–H and O–H groups in total. The number of carbonyl (C=O) groups is 3. The van der Waals surface area contributed by atoms with E-state index in [9.17, 15) is 14.4 Å². The second-order valence-electron chi connectivity index (χ2n) is 8.82. The summed E-state index contributed by atoms with van der Waals surface area (Å²) in [5.41, 5.74) is 2.88. The Labute approximate surface area is 242 Å². The number of carbonyl (C=O) groups excluding carboxylic acids is 3. The SMILES string of the molecule is Cc1ccccc1/C=C(\NC(=O)c1ccccc1)C(=O)Nc1ccc(SC(C)C(=O)Nc2ccc(Cl)cn2)cc1. The van der Waals surface area contributed by atoms with Crippen molar-refractivity contribution in [3.8, 4) is 0 Å². The molecule has 3 amide bonds. The summed E-state index contributed by atoms with van der Waals surface area (Å²) in [5, 5.41) is 8.46. The number of amides is 3. The minimum atomic E-state index is -0.462. The summed E-state index contributed by atoms with van der Waals surface area (Å²) in [4.78, 5) is 43.6. The van der Waals surface area contributed by atoms with Crippen molar-refractivity contribution in [2.24, 2.45) is 0 Å². The molecule has 1 atom stereocenters. The zero-order valence-corrected chi connectivity index (χ0v) is 23.4. The molecule has 0 fully saturated rings. The summed E-state index contributed by atoms with van der Waals surface area (Å²) in [6, 6.07) is 26.7. The molecule has 1 aromatic heterocycles. The fourth-order valence-electron chi connectivity index (χ4n) is 3.60. The van der Waals surface area contributed by atoms with Crippen LogP contribution in [-0.2, 0) is 9.59 Å². The van der Waals surface area contributed by atoms with E-state index in [0.29, 0.717) is 22.1 Å². The number of anilines is 2. The molecular weight excluding hydrogens is 544 g/mol. The first-order valence-corrected chi connectivity index (χ1v) is 13.7. The summed E-state index contributed by atoms with van der Waals surface area (Å²) in [5.74, 6) is -0.620. The van der Waals surface area contributed by atoms with E-state index in [4.69, 9.17) is 11.6 Å². The van der Waals surface area contributed by atoms with Crippen molar-refractivity contribution in [3.05, 3.63) is 125 Å². The van der Waals surface area contributed by atoms with Gasteiger partial charge in [-0.2, -0.15) is 0 Å². The highest BCUT2D eigenvalue weighted by atomic mass is 35.5. The van der Waals surface area contributed by atoms with Gasteiger partial charge in [0.05, 0.1) is 10.3 Å². The first-order valence-electron chi connectivity index (χ1n) is 12.4. The van der Waals surface area contributed by atoms with Gasteiger partial charge in [0, 0.05) is 22.3 Å². The van der Waals surface area contributed by atoms with Crippen molar-refractivity contribution in [3.63, 3.8) is 0 Å². The van der Waals surface area contributed by atoms with Gasteiger partial charge in [0.15, 0.2) is 0 Å². The van der Waals surface area contributed by atoms with Crippen LogP contribution in [-0.4, -0.2) is 28.0 Å². The predicted octanol–water partition coefficient (Wildman–Crippen LogP) is 6.57. The Balaban J connectivity index is 1.43. The van der Waals surface area contributed by atoms with Crippen molar-refractivity contribution < 1.29 is 14.4 Å². The Morgan fingerprint density at radius 1 is 0.875 bits per heavy atom. The van der Waals surface area contributed by atoms with Gasteiger partial charge in [-0.25, -0.2) is 4.98 Å². The number of aromatic nitrogens is 1. The molecule has 1 heterocycles. The summed E-state index contributed by atoms with van der Waals surface area (Å²) in [6.45, 7) is 3.73. The molecule has 202 valence electrons. The number of thioether (sulfide) groups is 1. The van der Waals surface area contributed by atoms with E-state index in [1.807, 2.05) is 49.4 Å². The Morgan fingerprint density at radius 2 is 1.57 bits per heavy atom. The van der Waals surface area contributed by atoms with Crippen molar-refractivity contribution >= 4 is 58.7 Å². The lowest BCUT2D eigenvalue weighted by Crippen LogP contribution is -2.30. The lowest BCUT2D eigenvalue weighted by molar-refractivity contribution is -0.115. The number of aryl methyl sites for hydroxylation is 1. The molecule has 0 radical (unpaired) electrons. The lowest BCUT2D eigenvalue weighted by atomic mass is 10.1. The van der Waals surface area contributed by atoms with Crippen molar-refractivity contribution in [2.45, 2.75) is 24.0 Å². The van der Waals surface area contributed by atoms with E-state index in [-0.39, 0.29) is 17.5 Å². The second-order valence-corrected chi connectivity index (χ2v) is 10.7. The van der Waals surface area contributed by atoms with Crippen LogP contribution in [0.5, 0.6) is 0 Å². The lowest BCUT2D eigenvalue weighted by Gasteiger charge is -2.13. The normalized spacial score (nSPS) is 11.8. The number of benzene rings is 3. The molecule has 1 unspecified atom stereocenters. The fraction of sp³-hybridized carbons (Fsp3) is 0.0968. The maximum Gasteiger partial charge on any atom is 0.272 e. The molecule has 9 heteroatoms. The zero-order chi connectivity index (χ0) is 28.5. The minimum Gasteiger partial charge on any atom is -0.321 e.